The first-order chi connectivity index (χ1) is 8.20. The van der Waals surface area contributed by atoms with Gasteiger partial charge in [-0.1, -0.05) is 15.9 Å². The number of nitrogens with zero attached hydrogens (tertiary/aromatic N) is 2. The van der Waals surface area contributed by atoms with Gasteiger partial charge in [0.25, 0.3) is 0 Å². The fourth-order valence-electron chi connectivity index (χ4n) is 1.76. The summed E-state index contributed by atoms with van der Waals surface area (Å²) in [7, 11) is 3.53. The monoisotopic (exact) mass is 304 g/mol. The maximum Gasteiger partial charge on any atom is 0.157 e. The number of hydrogen-bond acceptors (Lipinski definition) is 4. The number of hydrogen-bond donors (Lipinski definition) is 0. The van der Waals surface area contributed by atoms with Crippen LogP contribution in [0.1, 0.15) is 6.42 Å². The van der Waals surface area contributed by atoms with Crippen LogP contribution in [0.4, 0.5) is 0 Å². The van der Waals surface area contributed by atoms with Crippen molar-refractivity contribution < 1.29 is 14.2 Å². The van der Waals surface area contributed by atoms with Crippen molar-refractivity contribution in [1.29, 1.82) is 0 Å². The minimum atomic E-state index is 0.0883. The van der Waals surface area contributed by atoms with Crippen molar-refractivity contribution in [3.8, 4) is 5.75 Å². The van der Waals surface area contributed by atoms with E-state index in [2.05, 4.69) is 21.0 Å². The first-order valence-electron chi connectivity index (χ1n) is 5.60. The van der Waals surface area contributed by atoms with Crippen LogP contribution in [0.15, 0.2) is 12.4 Å². The highest BCUT2D eigenvalue weighted by Gasteiger charge is 2.42. The molecule has 6 heteroatoms. The molecule has 1 aromatic rings. The van der Waals surface area contributed by atoms with Crippen LogP contribution in [-0.2, 0) is 16.5 Å². The molecule has 1 heterocycles. The molecule has 3 unspecified atom stereocenters. The lowest BCUT2D eigenvalue weighted by Gasteiger charge is -2.40. The second-order valence-electron chi connectivity index (χ2n) is 4.09. The summed E-state index contributed by atoms with van der Waals surface area (Å²) < 4.78 is 18.2. The van der Waals surface area contributed by atoms with Gasteiger partial charge in [-0.3, -0.25) is 4.68 Å². The van der Waals surface area contributed by atoms with Gasteiger partial charge < -0.3 is 14.2 Å². The SMILES string of the molecule is COCCOC1C(Br)CC1Oc1cnn(C)c1. The summed E-state index contributed by atoms with van der Waals surface area (Å²) in [5, 5.41) is 4.07. The first-order valence-corrected chi connectivity index (χ1v) is 6.52. The standard InChI is InChI=1S/C11H17BrN2O3/c1-14-7-8(6-13-14)17-10-5-9(12)11(10)16-4-3-15-2/h6-7,9-11H,3-5H2,1-2H3. The Morgan fingerprint density at radius 2 is 2.35 bits per heavy atom. The van der Waals surface area contributed by atoms with Gasteiger partial charge in [0.15, 0.2) is 5.75 Å². The average molecular weight is 305 g/mol. The van der Waals surface area contributed by atoms with Gasteiger partial charge in [0.2, 0.25) is 0 Å². The van der Waals surface area contributed by atoms with E-state index in [4.69, 9.17) is 14.2 Å². The topological polar surface area (TPSA) is 45.5 Å². The number of rotatable bonds is 6. The minimum absolute atomic E-state index is 0.0883. The maximum atomic E-state index is 5.81. The molecule has 0 spiro atoms. The van der Waals surface area contributed by atoms with Crippen LogP contribution >= 0.6 is 15.9 Å². The number of aryl methyl sites for hydroxylation is 1. The number of methoxy groups -OCH3 is 1. The Balaban J connectivity index is 1.80. The molecular weight excluding hydrogens is 288 g/mol. The van der Waals surface area contributed by atoms with Crippen molar-refractivity contribution in [2.45, 2.75) is 23.5 Å². The van der Waals surface area contributed by atoms with E-state index in [1.807, 2.05) is 13.2 Å². The molecule has 0 aromatic carbocycles. The zero-order valence-electron chi connectivity index (χ0n) is 10.0. The van der Waals surface area contributed by atoms with Crippen molar-refractivity contribution in [1.82, 2.24) is 9.78 Å². The highest BCUT2D eigenvalue weighted by Crippen LogP contribution is 2.33. The molecule has 17 heavy (non-hydrogen) atoms. The molecule has 0 amide bonds. The molecule has 0 saturated heterocycles. The largest absolute Gasteiger partial charge is 0.484 e. The Kier molecular flexibility index (Phi) is 4.42. The molecular formula is C11H17BrN2O3. The van der Waals surface area contributed by atoms with Crippen molar-refractivity contribution in [3.05, 3.63) is 12.4 Å². The van der Waals surface area contributed by atoms with E-state index < -0.39 is 0 Å². The highest BCUT2D eigenvalue weighted by molar-refractivity contribution is 9.09. The molecule has 1 aromatic heterocycles. The van der Waals surface area contributed by atoms with Gasteiger partial charge in [0.05, 0.1) is 25.6 Å². The fraction of sp³-hybridized carbons (Fsp3) is 0.727. The number of ether oxygens (including phenoxy) is 3. The summed E-state index contributed by atoms with van der Waals surface area (Å²) in [5.74, 6) is 0.789. The first kappa shape index (κ1) is 12.9. The van der Waals surface area contributed by atoms with Gasteiger partial charge in [-0.25, -0.2) is 0 Å². The smallest absolute Gasteiger partial charge is 0.157 e. The Morgan fingerprint density at radius 1 is 1.53 bits per heavy atom. The Morgan fingerprint density at radius 3 is 2.94 bits per heavy atom. The Hall–Kier alpha value is -0.590. The summed E-state index contributed by atoms with van der Waals surface area (Å²) >= 11 is 3.57. The summed E-state index contributed by atoms with van der Waals surface area (Å²) in [4.78, 5) is 0.362. The third-order valence-electron chi connectivity index (χ3n) is 2.75. The molecule has 96 valence electrons. The lowest BCUT2D eigenvalue weighted by molar-refractivity contribution is -0.0865. The van der Waals surface area contributed by atoms with Crippen LogP contribution in [-0.4, -0.2) is 47.1 Å². The van der Waals surface area contributed by atoms with E-state index in [0.29, 0.717) is 18.0 Å². The van der Waals surface area contributed by atoms with Gasteiger partial charge in [0, 0.05) is 25.4 Å². The van der Waals surface area contributed by atoms with E-state index in [1.165, 1.54) is 0 Å². The quantitative estimate of drug-likeness (QED) is 0.588. The Labute approximate surface area is 109 Å². The zero-order chi connectivity index (χ0) is 12.3. The predicted octanol–water partition coefficient (Wildman–Crippen LogP) is 1.37. The van der Waals surface area contributed by atoms with E-state index in [0.717, 1.165) is 12.2 Å². The van der Waals surface area contributed by atoms with Crippen LogP contribution in [0.5, 0.6) is 5.75 Å². The summed E-state index contributed by atoms with van der Waals surface area (Å²) in [5.41, 5.74) is 0. The third-order valence-corrected chi connectivity index (χ3v) is 3.64. The lowest BCUT2D eigenvalue weighted by atomic mass is 9.91. The highest BCUT2D eigenvalue weighted by atomic mass is 79.9. The number of aromatic nitrogens is 2. The molecule has 1 aliphatic carbocycles. The van der Waals surface area contributed by atoms with Gasteiger partial charge in [-0.05, 0) is 0 Å². The van der Waals surface area contributed by atoms with Crippen LogP contribution in [0.3, 0.4) is 0 Å². The number of alkyl halides is 1. The molecule has 1 aliphatic rings. The van der Waals surface area contributed by atoms with Crippen LogP contribution < -0.4 is 4.74 Å². The molecule has 1 saturated carbocycles. The summed E-state index contributed by atoms with van der Waals surface area (Å²) in [6.45, 7) is 1.20. The van der Waals surface area contributed by atoms with Gasteiger partial charge in [0.1, 0.15) is 12.2 Å². The second kappa shape index (κ2) is 5.84. The Bertz CT molecular complexity index is 358. The fourth-order valence-corrected chi connectivity index (χ4v) is 2.62. The minimum Gasteiger partial charge on any atom is -0.484 e. The second-order valence-corrected chi connectivity index (χ2v) is 5.26. The maximum absolute atomic E-state index is 5.81. The summed E-state index contributed by atoms with van der Waals surface area (Å²) in [6.07, 6.45) is 4.71. The van der Waals surface area contributed by atoms with Crippen molar-refractivity contribution in [3.63, 3.8) is 0 Å². The molecule has 2 rings (SSSR count). The molecule has 0 N–H and O–H groups in total. The summed E-state index contributed by atoms with van der Waals surface area (Å²) in [6, 6.07) is 0. The van der Waals surface area contributed by atoms with Gasteiger partial charge in [-0.15, -0.1) is 0 Å². The third kappa shape index (κ3) is 3.20. The van der Waals surface area contributed by atoms with E-state index in [1.54, 1.807) is 18.0 Å². The van der Waals surface area contributed by atoms with Crippen LogP contribution in [0.2, 0.25) is 0 Å². The van der Waals surface area contributed by atoms with Crippen molar-refractivity contribution in [2.24, 2.45) is 7.05 Å². The van der Waals surface area contributed by atoms with Crippen molar-refractivity contribution in [2.75, 3.05) is 20.3 Å². The van der Waals surface area contributed by atoms with Crippen LogP contribution in [0, 0.1) is 0 Å². The van der Waals surface area contributed by atoms with Crippen LogP contribution in [0.25, 0.3) is 0 Å². The molecule has 3 atom stereocenters. The lowest BCUT2D eigenvalue weighted by Crippen LogP contribution is -2.52. The zero-order valence-corrected chi connectivity index (χ0v) is 11.6. The van der Waals surface area contributed by atoms with E-state index >= 15 is 0 Å². The van der Waals surface area contributed by atoms with Gasteiger partial charge >= 0.3 is 0 Å². The van der Waals surface area contributed by atoms with Crippen molar-refractivity contribution >= 4 is 15.9 Å². The normalized spacial score (nSPS) is 27.8. The molecule has 0 aliphatic heterocycles. The van der Waals surface area contributed by atoms with Gasteiger partial charge in [-0.2, -0.15) is 5.10 Å². The average Bonchev–Trinajstić information content (AvgIpc) is 2.70. The van der Waals surface area contributed by atoms with E-state index in [-0.39, 0.29) is 12.2 Å². The van der Waals surface area contributed by atoms with E-state index in [9.17, 15) is 0 Å². The predicted molar refractivity (Wildman–Crippen MR) is 66.6 cm³/mol. The number of halogens is 1. The molecule has 1 fully saturated rings. The molecule has 0 radical (unpaired) electrons. The molecule has 5 nitrogen and oxygen atoms in total. The molecule has 0 bridgehead atoms.